The topological polar surface area (TPSA) is 49.9 Å². The number of allylic oxidation sites excluding steroid dienone is 1. The lowest BCUT2D eigenvalue weighted by atomic mass is 9.64. The third kappa shape index (κ3) is 4.25. The first kappa shape index (κ1) is 27.4. The fraction of sp³-hybridized carbons (Fsp3) is 0.314. The maximum atomic E-state index is 13.9. The van der Waals surface area contributed by atoms with E-state index in [2.05, 4.69) is 78.5 Å². The molecule has 5 rings (SSSR count). The van der Waals surface area contributed by atoms with Crippen LogP contribution in [-0.2, 0) is 10.2 Å². The van der Waals surface area contributed by atoms with Crippen molar-refractivity contribution in [2.24, 2.45) is 0 Å². The van der Waals surface area contributed by atoms with E-state index in [1.165, 1.54) is 6.08 Å². The lowest BCUT2D eigenvalue weighted by Gasteiger charge is -2.51. The minimum atomic E-state index is -0.509. The molecule has 0 aliphatic carbocycles. The minimum Gasteiger partial charge on any atom is -0.497 e. The summed E-state index contributed by atoms with van der Waals surface area (Å²) in [7, 11) is 1.62. The number of methoxy groups -OCH3 is 1. The molecule has 0 bridgehead atoms. The van der Waals surface area contributed by atoms with Crippen LogP contribution in [0.1, 0.15) is 75.0 Å². The molecule has 1 atom stereocenters. The zero-order valence-corrected chi connectivity index (χ0v) is 24.5. The van der Waals surface area contributed by atoms with E-state index in [-0.39, 0.29) is 17.2 Å². The molecule has 0 radical (unpaired) electrons. The number of benzene rings is 3. The van der Waals surface area contributed by atoms with Gasteiger partial charge < -0.3 is 9.64 Å². The third-order valence-corrected chi connectivity index (χ3v) is 8.51. The van der Waals surface area contributed by atoms with Crippen molar-refractivity contribution in [3.8, 4) is 5.75 Å². The average molecular weight is 535 g/mol. The van der Waals surface area contributed by atoms with Crippen LogP contribution in [-0.4, -0.2) is 30.0 Å². The standard InChI is InChI=1S/C35H38N2O3/c1-9-31(38)36-30-13-11-10-12-28(30)35(7,22-34(36,5)6)25-16-19-29-27(20-25)23(2)21-33(3,4)37(29)32(39)24-14-17-26(40-8)18-15-24/h9-21H,1,22H2,2-8H3/t35-/m0/s1. The molecule has 0 fully saturated rings. The van der Waals surface area contributed by atoms with Crippen LogP contribution < -0.4 is 14.5 Å². The van der Waals surface area contributed by atoms with Crippen molar-refractivity contribution >= 4 is 28.8 Å². The summed E-state index contributed by atoms with van der Waals surface area (Å²) >= 11 is 0. The molecule has 2 aliphatic heterocycles. The van der Waals surface area contributed by atoms with Crippen molar-refractivity contribution in [3.63, 3.8) is 0 Å². The molecule has 0 N–H and O–H groups in total. The van der Waals surface area contributed by atoms with E-state index >= 15 is 0 Å². The number of rotatable bonds is 4. The van der Waals surface area contributed by atoms with Gasteiger partial charge in [0.15, 0.2) is 0 Å². The van der Waals surface area contributed by atoms with Crippen LogP contribution >= 0.6 is 0 Å². The summed E-state index contributed by atoms with van der Waals surface area (Å²) in [5.41, 5.74) is 5.55. The van der Waals surface area contributed by atoms with Gasteiger partial charge in [0.25, 0.3) is 11.8 Å². The van der Waals surface area contributed by atoms with Crippen molar-refractivity contribution in [2.45, 2.75) is 64.5 Å². The van der Waals surface area contributed by atoms with Crippen LogP contribution in [0.25, 0.3) is 5.57 Å². The SMILES string of the molecule is C=CC(=O)N1c2ccccc2[C@](C)(c2ccc3c(c2)C(C)=CC(C)(C)N3C(=O)c2ccc(OC)cc2)CC1(C)C. The van der Waals surface area contributed by atoms with Gasteiger partial charge in [-0.2, -0.15) is 0 Å². The number of hydrogen-bond donors (Lipinski definition) is 0. The van der Waals surface area contributed by atoms with E-state index in [0.717, 1.165) is 40.1 Å². The van der Waals surface area contributed by atoms with Gasteiger partial charge in [-0.1, -0.05) is 43.8 Å². The molecular weight excluding hydrogens is 496 g/mol. The molecule has 3 aromatic rings. The molecular formula is C35H38N2O3. The molecule has 2 aliphatic rings. The highest BCUT2D eigenvalue weighted by Crippen LogP contribution is 2.52. The van der Waals surface area contributed by atoms with Gasteiger partial charge in [0, 0.05) is 27.8 Å². The summed E-state index contributed by atoms with van der Waals surface area (Å²) in [5.74, 6) is 0.561. The van der Waals surface area contributed by atoms with Gasteiger partial charge >= 0.3 is 0 Å². The van der Waals surface area contributed by atoms with Crippen molar-refractivity contribution in [2.75, 3.05) is 16.9 Å². The number of fused-ring (bicyclic) bond motifs is 2. The molecule has 206 valence electrons. The van der Waals surface area contributed by atoms with Crippen LogP contribution in [0.5, 0.6) is 5.75 Å². The maximum absolute atomic E-state index is 13.9. The van der Waals surface area contributed by atoms with Crippen molar-refractivity contribution < 1.29 is 14.3 Å². The summed E-state index contributed by atoms with van der Waals surface area (Å²) in [5, 5.41) is 0. The molecule has 5 nitrogen and oxygen atoms in total. The Hall–Kier alpha value is -4.12. The summed E-state index contributed by atoms with van der Waals surface area (Å²) in [6.45, 7) is 16.5. The second kappa shape index (κ2) is 9.51. The van der Waals surface area contributed by atoms with Gasteiger partial charge in [-0.3, -0.25) is 14.5 Å². The number of nitrogens with zero attached hydrogens (tertiary/aromatic N) is 2. The minimum absolute atomic E-state index is 0.0562. The highest BCUT2D eigenvalue weighted by molar-refractivity contribution is 6.10. The van der Waals surface area contributed by atoms with Crippen LogP contribution in [0.15, 0.2) is 85.5 Å². The lowest BCUT2D eigenvalue weighted by Crippen LogP contribution is -2.55. The molecule has 40 heavy (non-hydrogen) atoms. The fourth-order valence-corrected chi connectivity index (χ4v) is 6.87. The van der Waals surface area contributed by atoms with Crippen LogP contribution in [0.4, 0.5) is 11.4 Å². The molecule has 2 heterocycles. The van der Waals surface area contributed by atoms with Gasteiger partial charge in [0.2, 0.25) is 0 Å². The van der Waals surface area contributed by atoms with E-state index < -0.39 is 11.1 Å². The van der Waals surface area contributed by atoms with E-state index in [1.54, 1.807) is 7.11 Å². The highest BCUT2D eigenvalue weighted by atomic mass is 16.5. The van der Waals surface area contributed by atoms with Crippen molar-refractivity contribution in [3.05, 3.63) is 108 Å². The number of para-hydroxylation sites is 1. The Labute approximate surface area is 237 Å². The predicted octanol–water partition coefficient (Wildman–Crippen LogP) is 7.54. The molecule has 2 amide bonds. The Morgan fingerprint density at radius 3 is 2.23 bits per heavy atom. The highest BCUT2D eigenvalue weighted by Gasteiger charge is 2.47. The normalized spacial score (nSPS) is 20.6. The first-order valence-electron chi connectivity index (χ1n) is 13.7. The molecule has 0 saturated heterocycles. The number of anilines is 2. The van der Waals surface area contributed by atoms with Gasteiger partial charge in [-0.15, -0.1) is 0 Å². The molecule has 0 unspecified atom stereocenters. The maximum Gasteiger partial charge on any atom is 0.259 e. The second-order valence-corrected chi connectivity index (χ2v) is 12.3. The predicted molar refractivity (Wildman–Crippen MR) is 163 cm³/mol. The summed E-state index contributed by atoms with van der Waals surface area (Å²) in [6, 6.07) is 21.9. The summed E-state index contributed by atoms with van der Waals surface area (Å²) < 4.78 is 5.29. The first-order chi connectivity index (χ1) is 18.8. The van der Waals surface area contributed by atoms with Gasteiger partial charge in [-0.05, 0) is 106 Å². The van der Waals surface area contributed by atoms with Crippen molar-refractivity contribution in [1.29, 1.82) is 0 Å². The Morgan fingerprint density at radius 2 is 1.57 bits per heavy atom. The van der Waals surface area contributed by atoms with E-state index in [9.17, 15) is 9.59 Å². The Kier molecular flexibility index (Phi) is 6.53. The van der Waals surface area contributed by atoms with E-state index in [4.69, 9.17) is 4.74 Å². The Balaban J connectivity index is 1.64. The second-order valence-electron chi connectivity index (χ2n) is 12.3. The number of carbonyl (C=O) groups excluding carboxylic acids is 2. The molecule has 0 saturated carbocycles. The van der Waals surface area contributed by atoms with Crippen LogP contribution in [0, 0.1) is 0 Å². The summed E-state index contributed by atoms with van der Waals surface area (Å²) in [4.78, 5) is 30.7. The number of hydrogen-bond acceptors (Lipinski definition) is 3. The Bertz CT molecular complexity index is 1550. The summed E-state index contributed by atoms with van der Waals surface area (Å²) in [6.07, 6.45) is 4.30. The molecule has 0 aromatic heterocycles. The number of carbonyl (C=O) groups is 2. The third-order valence-electron chi connectivity index (χ3n) is 8.51. The Morgan fingerprint density at radius 1 is 0.900 bits per heavy atom. The van der Waals surface area contributed by atoms with Gasteiger partial charge in [0.1, 0.15) is 5.75 Å². The quantitative estimate of drug-likeness (QED) is 0.325. The van der Waals surface area contributed by atoms with E-state index in [1.807, 2.05) is 52.3 Å². The lowest BCUT2D eigenvalue weighted by molar-refractivity contribution is -0.115. The molecule has 0 spiro atoms. The molecule has 3 aromatic carbocycles. The van der Waals surface area contributed by atoms with Crippen LogP contribution in [0.2, 0.25) is 0 Å². The van der Waals surface area contributed by atoms with Crippen molar-refractivity contribution in [1.82, 2.24) is 0 Å². The smallest absolute Gasteiger partial charge is 0.259 e. The average Bonchev–Trinajstić information content (AvgIpc) is 2.91. The van der Waals surface area contributed by atoms with Gasteiger partial charge in [-0.25, -0.2) is 0 Å². The van der Waals surface area contributed by atoms with Gasteiger partial charge in [0.05, 0.1) is 18.3 Å². The van der Waals surface area contributed by atoms with E-state index in [0.29, 0.717) is 11.3 Å². The fourth-order valence-electron chi connectivity index (χ4n) is 6.87. The first-order valence-corrected chi connectivity index (χ1v) is 13.7. The zero-order valence-electron chi connectivity index (χ0n) is 24.5. The van der Waals surface area contributed by atoms with Crippen LogP contribution in [0.3, 0.4) is 0 Å². The zero-order chi connectivity index (χ0) is 29.0. The monoisotopic (exact) mass is 534 g/mol. The largest absolute Gasteiger partial charge is 0.497 e. The molecule has 5 heteroatoms. The number of amides is 2. The number of ether oxygens (including phenoxy) is 1.